The Morgan fingerprint density at radius 1 is 0.964 bits per heavy atom. The fourth-order valence-corrected chi connectivity index (χ4v) is 3.81. The lowest BCUT2D eigenvalue weighted by Crippen LogP contribution is -2.52. The van der Waals surface area contributed by atoms with E-state index in [1.54, 1.807) is 14.7 Å². The molecule has 0 spiro atoms. The normalized spacial score (nSPS) is 20.6. The van der Waals surface area contributed by atoms with Gasteiger partial charge in [0, 0.05) is 56.3 Å². The van der Waals surface area contributed by atoms with Crippen LogP contribution in [0.2, 0.25) is 0 Å². The Morgan fingerprint density at radius 3 is 2.00 bits per heavy atom. The molecule has 2 N–H and O–H groups in total. The highest BCUT2D eigenvalue weighted by molar-refractivity contribution is 5.95. The molecule has 2 fully saturated rings. The molecule has 3 rings (SSSR count). The van der Waals surface area contributed by atoms with Crippen LogP contribution in [0.25, 0.3) is 0 Å². The first-order valence-electron chi connectivity index (χ1n) is 9.48. The first-order valence-corrected chi connectivity index (χ1v) is 9.48. The van der Waals surface area contributed by atoms with Crippen LogP contribution in [0.15, 0.2) is 18.2 Å². The molecule has 0 aliphatic carbocycles. The van der Waals surface area contributed by atoms with Gasteiger partial charge in [-0.05, 0) is 32.9 Å². The van der Waals surface area contributed by atoms with Crippen molar-refractivity contribution in [1.29, 1.82) is 0 Å². The van der Waals surface area contributed by atoms with Crippen LogP contribution < -0.4 is 0 Å². The summed E-state index contributed by atoms with van der Waals surface area (Å²) in [6.45, 7) is 7.84. The summed E-state index contributed by atoms with van der Waals surface area (Å²) >= 11 is 0. The molecule has 0 radical (unpaired) electrons. The van der Waals surface area contributed by atoms with Crippen molar-refractivity contribution in [3.63, 3.8) is 0 Å². The third-order valence-corrected chi connectivity index (χ3v) is 5.31. The molecule has 152 valence electrons. The molecule has 1 atom stereocenters. The minimum atomic E-state index is -0.336. The molecule has 1 aromatic carbocycles. The molecule has 1 unspecified atom stereocenters. The molecule has 0 aromatic heterocycles. The smallest absolute Gasteiger partial charge is 0.254 e. The van der Waals surface area contributed by atoms with Crippen molar-refractivity contribution in [3.05, 3.63) is 23.8 Å². The summed E-state index contributed by atoms with van der Waals surface area (Å²) in [4.78, 5) is 42.7. The van der Waals surface area contributed by atoms with E-state index >= 15 is 0 Å². The van der Waals surface area contributed by atoms with Gasteiger partial charge in [0.2, 0.25) is 11.8 Å². The minimum absolute atomic E-state index is 0.00311. The number of piperazine rings is 1. The van der Waals surface area contributed by atoms with Crippen LogP contribution in [0.3, 0.4) is 0 Å². The van der Waals surface area contributed by atoms with Crippen LogP contribution in [0.5, 0.6) is 11.5 Å². The van der Waals surface area contributed by atoms with E-state index in [4.69, 9.17) is 0 Å². The van der Waals surface area contributed by atoms with Crippen molar-refractivity contribution in [2.45, 2.75) is 32.7 Å². The zero-order valence-corrected chi connectivity index (χ0v) is 16.5. The van der Waals surface area contributed by atoms with E-state index < -0.39 is 0 Å². The van der Waals surface area contributed by atoms with Gasteiger partial charge in [0.1, 0.15) is 11.5 Å². The number of carbonyl (C=O) groups is 3. The third-order valence-electron chi connectivity index (χ3n) is 5.31. The standard InChI is InChI=1S/C20H27N3O5/c1-20(2,3)23-12-14(10-17(23)26)19(28)22-6-4-21(5-7-22)18(27)13-8-15(24)11-16(25)9-13/h8-9,11,14,24-25H,4-7,10,12H2,1-3H3. The van der Waals surface area contributed by atoms with Crippen LogP contribution in [0.4, 0.5) is 0 Å². The second kappa shape index (κ2) is 7.33. The SMILES string of the molecule is CC(C)(C)N1CC(C(=O)N2CCN(C(=O)c3cc(O)cc(O)c3)CC2)CC1=O. The van der Waals surface area contributed by atoms with Crippen molar-refractivity contribution >= 4 is 17.7 Å². The van der Waals surface area contributed by atoms with Gasteiger partial charge < -0.3 is 24.9 Å². The fourth-order valence-electron chi connectivity index (χ4n) is 3.81. The van der Waals surface area contributed by atoms with Crippen LogP contribution in [-0.2, 0) is 9.59 Å². The summed E-state index contributed by atoms with van der Waals surface area (Å²) in [5.74, 6) is -1.02. The van der Waals surface area contributed by atoms with Crippen LogP contribution >= 0.6 is 0 Å². The van der Waals surface area contributed by atoms with Crippen molar-refractivity contribution in [1.82, 2.24) is 14.7 Å². The van der Waals surface area contributed by atoms with E-state index in [9.17, 15) is 24.6 Å². The van der Waals surface area contributed by atoms with E-state index in [1.165, 1.54) is 12.1 Å². The molecular formula is C20H27N3O5. The average Bonchev–Trinajstić information content (AvgIpc) is 3.02. The lowest BCUT2D eigenvalue weighted by molar-refractivity contribution is -0.137. The van der Waals surface area contributed by atoms with Crippen LogP contribution in [0.1, 0.15) is 37.6 Å². The molecule has 8 nitrogen and oxygen atoms in total. The molecule has 3 amide bonds. The summed E-state index contributed by atoms with van der Waals surface area (Å²) in [5, 5.41) is 19.1. The number of carbonyl (C=O) groups excluding carboxylic acids is 3. The van der Waals surface area contributed by atoms with Crippen molar-refractivity contribution < 1.29 is 24.6 Å². The average molecular weight is 389 g/mol. The fraction of sp³-hybridized carbons (Fsp3) is 0.550. The Morgan fingerprint density at radius 2 is 1.50 bits per heavy atom. The summed E-state index contributed by atoms with van der Waals surface area (Å²) in [5.41, 5.74) is -0.0937. The van der Waals surface area contributed by atoms with Gasteiger partial charge in [-0.2, -0.15) is 0 Å². The number of aromatic hydroxyl groups is 2. The minimum Gasteiger partial charge on any atom is -0.508 e. The van der Waals surface area contributed by atoms with Crippen molar-refractivity contribution in [2.24, 2.45) is 5.92 Å². The van der Waals surface area contributed by atoms with Gasteiger partial charge in [-0.25, -0.2) is 0 Å². The highest BCUT2D eigenvalue weighted by atomic mass is 16.3. The molecule has 0 bridgehead atoms. The lowest BCUT2D eigenvalue weighted by atomic mass is 10.1. The second-order valence-corrected chi connectivity index (χ2v) is 8.43. The number of hydrogen-bond acceptors (Lipinski definition) is 5. The molecule has 2 saturated heterocycles. The highest BCUT2D eigenvalue weighted by Gasteiger charge is 2.41. The number of benzene rings is 1. The quantitative estimate of drug-likeness (QED) is 0.787. The maximum atomic E-state index is 12.8. The maximum absolute atomic E-state index is 12.8. The lowest BCUT2D eigenvalue weighted by Gasteiger charge is -2.36. The third kappa shape index (κ3) is 4.05. The van der Waals surface area contributed by atoms with Gasteiger partial charge in [0.25, 0.3) is 5.91 Å². The summed E-state index contributed by atoms with van der Waals surface area (Å²) in [6.07, 6.45) is 0.234. The van der Waals surface area contributed by atoms with E-state index in [-0.39, 0.29) is 52.7 Å². The summed E-state index contributed by atoms with van der Waals surface area (Å²) < 4.78 is 0. The van der Waals surface area contributed by atoms with Gasteiger partial charge in [0.15, 0.2) is 0 Å². The number of likely N-dealkylation sites (tertiary alicyclic amines) is 1. The Hall–Kier alpha value is -2.77. The predicted molar refractivity (Wildman–Crippen MR) is 102 cm³/mol. The van der Waals surface area contributed by atoms with E-state index in [1.807, 2.05) is 20.8 Å². The van der Waals surface area contributed by atoms with Gasteiger partial charge >= 0.3 is 0 Å². The van der Waals surface area contributed by atoms with E-state index in [2.05, 4.69) is 0 Å². The number of phenolic OH excluding ortho intramolecular Hbond substituents is 2. The number of rotatable bonds is 2. The zero-order valence-electron chi connectivity index (χ0n) is 16.5. The molecule has 2 heterocycles. The monoisotopic (exact) mass is 389 g/mol. The van der Waals surface area contributed by atoms with Crippen molar-refractivity contribution in [3.8, 4) is 11.5 Å². The van der Waals surface area contributed by atoms with Gasteiger partial charge in [-0.15, -0.1) is 0 Å². The second-order valence-electron chi connectivity index (χ2n) is 8.43. The number of phenols is 2. The van der Waals surface area contributed by atoms with Gasteiger partial charge in [0.05, 0.1) is 5.92 Å². The Labute approximate surface area is 164 Å². The Balaban J connectivity index is 1.59. The van der Waals surface area contributed by atoms with E-state index in [0.29, 0.717) is 32.7 Å². The predicted octanol–water partition coefficient (Wildman–Crippen LogP) is 1.03. The first kappa shape index (κ1) is 20.0. The molecule has 28 heavy (non-hydrogen) atoms. The molecule has 0 saturated carbocycles. The molecular weight excluding hydrogens is 362 g/mol. The van der Waals surface area contributed by atoms with Gasteiger partial charge in [-0.1, -0.05) is 0 Å². The summed E-state index contributed by atoms with van der Waals surface area (Å²) in [6, 6.07) is 3.78. The molecule has 2 aliphatic rings. The topological polar surface area (TPSA) is 101 Å². The van der Waals surface area contributed by atoms with Crippen LogP contribution in [0, 0.1) is 5.92 Å². The summed E-state index contributed by atoms with van der Waals surface area (Å²) in [7, 11) is 0. The number of amides is 3. The maximum Gasteiger partial charge on any atom is 0.254 e. The van der Waals surface area contributed by atoms with Crippen LogP contribution in [-0.4, -0.2) is 80.9 Å². The van der Waals surface area contributed by atoms with Crippen molar-refractivity contribution in [2.75, 3.05) is 32.7 Å². The molecule has 1 aromatic rings. The molecule has 8 heteroatoms. The number of nitrogens with zero attached hydrogens (tertiary/aromatic N) is 3. The Bertz CT molecular complexity index is 773. The largest absolute Gasteiger partial charge is 0.508 e. The first-order chi connectivity index (χ1) is 13.1. The zero-order chi connectivity index (χ0) is 20.6. The Kier molecular flexibility index (Phi) is 5.23. The van der Waals surface area contributed by atoms with E-state index in [0.717, 1.165) is 6.07 Å². The van der Waals surface area contributed by atoms with Gasteiger partial charge in [-0.3, -0.25) is 14.4 Å². The highest BCUT2D eigenvalue weighted by Crippen LogP contribution is 2.27. The molecule has 2 aliphatic heterocycles. The number of hydrogen-bond donors (Lipinski definition) is 2.